The minimum Gasteiger partial charge on any atom is -0.452 e. The summed E-state index contributed by atoms with van der Waals surface area (Å²) >= 11 is 0. The van der Waals surface area contributed by atoms with Crippen molar-refractivity contribution in [3.05, 3.63) is 18.9 Å². The van der Waals surface area contributed by atoms with Gasteiger partial charge in [-0.2, -0.15) is 0 Å². The fraction of sp³-hybridized carbons (Fsp3) is 0.706. The van der Waals surface area contributed by atoms with Crippen molar-refractivity contribution in [2.45, 2.75) is 62.8 Å². The second kappa shape index (κ2) is 13.5. The molecule has 21 heavy (non-hydrogen) atoms. The van der Waals surface area contributed by atoms with Gasteiger partial charge >= 0.3 is 0 Å². The van der Waals surface area contributed by atoms with E-state index in [1.165, 1.54) is 12.7 Å². The zero-order valence-electron chi connectivity index (χ0n) is 14.3. The molecule has 0 saturated heterocycles. The number of hydrogen-bond donors (Lipinski definition) is 0. The molecule has 1 aliphatic rings. The first kappa shape index (κ1) is 24.6. The van der Waals surface area contributed by atoms with Gasteiger partial charge in [0.05, 0.1) is 12.7 Å². The molecule has 1 aliphatic heterocycles. The molecule has 0 atom stereocenters. The Hall–Kier alpha value is -1.45. The predicted molar refractivity (Wildman–Crippen MR) is 95.3 cm³/mol. The van der Waals surface area contributed by atoms with E-state index in [0.29, 0.717) is 10.8 Å². The average Bonchev–Trinajstić information content (AvgIpc) is 2.92. The number of aromatic nitrogens is 1. The number of oxazole rings is 1. The summed E-state index contributed by atoms with van der Waals surface area (Å²) in [6, 6.07) is 0. The van der Waals surface area contributed by atoms with Crippen LogP contribution in [-0.2, 0) is 0 Å². The van der Waals surface area contributed by atoms with Crippen molar-refractivity contribution in [1.29, 1.82) is 0 Å². The Kier molecular flexibility index (Phi) is 15.8. The van der Waals surface area contributed by atoms with E-state index in [1.807, 2.05) is 0 Å². The van der Waals surface area contributed by atoms with Crippen molar-refractivity contribution >= 4 is 12.6 Å². The number of nitrogens with zero attached hydrogens (tertiary/aromatic N) is 3. The van der Waals surface area contributed by atoms with E-state index in [0.717, 1.165) is 6.54 Å². The second-order valence-electron chi connectivity index (χ2n) is 7.49. The Morgan fingerprint density at radius 1 is 0.905 bits per heavy atom. The quantitative estimate of drug-likeness (QED) is 0.633. The monoisotopic (exact) mass is 297 g/mol. The molecule has 0 fully saturated rings. The van der Waals surface area contributed by atoms with Gasteiger partial charge in [0.25, 0.3) is 0 Å². The first-order valence-electron chi connectivity index (χ1n) is 6.82. The number of hydrogen-bond acceptors (Lipinski definition) is 4. The first-order valence-corrected chi connectivity index (χ1v) is 6.82. The van der Waals surface area contributed by atoms with Crippen molar-refractivity contribution in [3.8, 4) is 0 Å². The highest BCUT2D eigenvalue weighted by Gasteiger charge is 1.96. The van der Waals surface area contributed by atoms with Crippen LogP contribution in [0.2, 0.25) is 0 Å². The van der Waals surface area contributed by atoms with Crippen LogP contribution in [0.15, 0.2) is 33.3 Å². The van der Waals surface area contributed by atoms with Gasteiger partial charge in [0.15, 0.2) is 6.39 Å². The fourth-order valence-electron chi connectivity index (χ4n) is 0.411. The molecule has 0 aromatic carbocycles. The Morgan fingerprint density at radius 3 is 1.48 bits per heavy atom. The maximum absolute atomic E-state index is 4.47. The molecule has 2 heterocycles. The summed E-state index contributed by atoms with van der Waals surface area (Å²) in [5, 5.41) is 0. The molecule has 0 saturated carbocycles. The zero-order valence-corrected chi connectivity index (χ0v) is 14.3. The van der Waals surface area contributed by atoms with Crippen LogP contribution in [-0.4, -0.2) is 24.1 Å². The molecule has 0 spiro atoms. The van der Waals surface area contributed by atoms with Crippen molar-refractivity contribution in [3.63, 3.8) is 0 Å². The van der Waals surface area contributed by atoms with E-state index in [2.05, 4.69) is 74.8 Å². The maximum Gasteiger partial charge on any atom is 0.180 e. The summed E-state index contributed by atoms with van der Waals surface area (Å²) in [4.78, 5) is 11.0. The predicted octanol–water partition coefficient (Wildman–Crippen LogP) is 5.51. The molecule has 0 bridgehead atoms. The van der Waals surface area contributed by atoms with Crippen molar-refractivity contribution < 1.29 is 4.42 Å². The van der Waals surface area contributed by atoms with Gasteiger partial charge < -0.3 is 4.42 Å². The van der Waals surface area contributed by atoms with Gasteiger partial charge in [0.2, 0.25) is 0 Å². The molecule has 124 valence electrons. The van der Waals surface area contributed by atoms with E-state index in [-0.39, 0.29) is 7.43 Å². The summed E-state index contributed by atoms with van der Waals surface area (Å²) in [7, 11) is 0. The molecule has 1 aromatic rings. The van der Waals surface area contributed by atoms with Crippen LogP contribution in [0.25, 0.3) is 0 Å². The van der Waals surface area contributed by atoms with Crippen LogP contribution >= 0.6 is 0 Å². The summed E-state index contributed by atoms with van der Waals surface area (Å²) in [5.41, 5.74) is 1.00. The van der Waals surface area contributed by atoms with Crippen molar-refractivity contribution in [2.75, 3.05) is 6.54 Å². The lowest BCUT2D eigenvalue weighted by atomic mass is 10.0. The molecular weight excluding hydrogens is 262 g/mol. The van der Waals surface area contributed by atoms with Gasteiger partial charge in [-0.25, -0.2) is 9.98 Å². The van der Waals surface area contributed by atoms with Gasteiger partial charge in [-0.3, -0.25) is 4.99 Å². The van der Waals surface area contributed by atoms with Crippen molar-refractivity contribution in [2.24, 2.45) is 20.8 Å². The average molecular weight is 297 g/mol. The maximum atomic E-state index is 4.47. The Balaban J connectivity index is -0.000000202. The molecular formula is C17H35N3O. The lowest BCUT2D eigenvalue weighted by Crippen LogP contribution is -1.93. The summed E-state index contributed by atoms with van der Waals surface area (Å²) in [5.74, 6) is 0. The third-order valence-electron chi connectivity index (χ3n) is 0.788. The van der Waals surface area contributed by atoms with Crippen LogP contribution in [0.1, 0.15) is 62.8 Å². The van der Waals surface area contributed by atoms with Crippen molar-refractivity contribution in [1.82, 2.24) is 4.98 Å². The third-order valence-corrected chi connectivity index (χ3v) is 0.788. The molecule has 0 aliphatic carbocycles. The van der Waals surface area contributed by atoms with E-state index in [9.17, 15) is 0 Å². The van der Waals surface area contributed by atoms with Crippen LogP contribution in [0.5, 0.6) is 0 Å². The van der Waals surface area contributed by atoms with E-state index >= 15 is 0 Å². The Labute approximate surface area is 131 Å². The summed E-state index contributed by atoms with van der Waals surface area (Å²) < 4.78 is 4.47. The van der Waals surface area contributed by atoms with Crippen LogP contribution in [0.3, 0.4) is 0 Å². The number of rotatable bonds is 0. The SMILES string of the molecule is C.C1=NC=NC1.CC(C)(C)C.CC(C)(C)C.c1cocn1. The summed E-state index contributed by atoms with van der Waals surface area (Å²) in [6.07, 6.45) is 7.79. The standard InChI is InChI=1S/2C5H12.C3H4N2.C3H3NO.CH4/c2*1-5(2,3)4;2*1-2-5-3-4-1;/h2*1-4H3;1,3H,2H2;1-3H;1H4. The van der Waals surface area contributed by atoms with Crippen LogP contribution < -0.4 is 0 Å². The molecule has 1 aromatic heterocycles. The molecule has 4 heteroatoms. The third kappa shape index (κ3) is 69.5. The van der Waals surface area contributed by atoms with E-state index < -0.39 is 0 Å². The highest BCUT2D eigenvalue weighted by molar-refractivity contribution is 5.79. The highest BCUT2D eigenvalue weighted by atomic mass is 16.3. The minimum absolute atomic E-state index is 0. The highest BCUT2D eigenvalue weighted by Crippen LogP contribution is 2.08. The molecule has 4 nitrogen and oxygen atoms in total. The normalized spacial score (nSPS) is 11.8. The molecule has 0 radical (unpaired) electrons. The minimum atomic E-state index is 0. The molecule has 2 rings (SSSR count). The topological polar surface area (TPSA) is 50.8 Å². The van der Waals surface area contributed by atoms with E-state index in [4.69, 9.17) is 0 Å². The summed E-state index contributed by atoms with van der Waals surface area (Å²) in [6.45, 7) is 18.3. The smallest absolute Gasteiger partial charge is 0.180 e. The van der Waals surface area contributed by atoms with Crippen LogP contribution in [0.4, 0.5) is 0 Å². The van der Waals surface area contributed by atoms with Gasteiger partial charge in [-0.1, -0.05) is 62.8 Å². The zero-order chi connectivity index (χ0) is 16.1. The van der Waals surface area contributed by atoms with Crippen LogP contribution in [0, 0.1) is 10.8 Å². The Bertz CT molecular complexity index is 290. The molecule has 0 N–H and O–H groups in total. The van der Waals surface area contributed by atoms with Gasteiger partial charge in [-0.15, -0.1) is 0 Å². The molecule has 0 amide bonds. The van der Waals surface area contributed by atoms with Gasteiger partial charge in [0.1, 0.15) is 12.6 Å². The lowest BCUT2D eigenvalue weighted by molar-refractivity contribution is 0.469. The first-order chi connectivity index (χ1) is 9.00. The number of aliphatic imine (C=N–C) groups is 2. The second-order valence-corrected chi connectivity index (χ2v) is 7.49. The largest absolute Gasteiger partial charge is 0.452 e. The van der Waals surface area contributed by atoms with Gasteiger partial charge in [0, 0.05) is 6.21 Å². The Morgan fingerprint density at radius 2 is 1.38 bits per heavy atom. The molecule has 0 unspecified atom stereocenters. The van der Waals surface area contributed by atoms with Gasteiger partial charge in [-0.05, 0) is 10.8 Å². The van der Waals surface area contributed by atoms with E-state index in [1.54, 1.807) is 18.7 Å². The lowest BCUT2D eigenvalue weighted by Gasteiger charge is -2.05. The fourth-order valence-corrected chi connectivity index (χ4v) is 0.411.